The Kier molecular flexibility index (Phi) is 4.99. The Hall–Kier alpha value is -3.93. The average molecular weight is 369 g/mol. The highest BCUT2D eigenvalue weighted by atomic mass is 19.2. The van der Waals surface area contributed by atoms with E-state index in [1.54, 1.807) is 18.2 Å². The van der Waals surface area contributed by atoms with E-state index in [2.05, 4.69) is 20.6 Å². The van der Waals surface area contributed by atoms with Crippen molar-refractivity contribution in [2.75, 3.05) is 10.6 Å². The molecule has 0 aliphatic rings. The highest BCUT2D eigenvalue weighted by Gasteiger charge is 2.15. The van der Waals surface area contributed by atoms with E-state index in [-0.39, 0.29) is 17.3 Å². The van der Waals surface area contributed by atoms with Crippen LogP contribution < -0.4 is 10.6 Å². The predicted molar refractivity (Wildman–Crippen MR) is 90.7 cm³/mol. The minimum atomic E-state index is -1.63. The normalized spacial score (nSPS) is 10.1. The third kappa shape index (κ3) is 4.01. The van der Waals surface area contributed by atoms with Crippen LogP contribution in [0.2, 0.25) is 0 Å². The van der Waals surface area contributed by atoms with Gasteiger partial charge in [0.2, 0.25) is 5.95 Å². The van der Waals surface area contributed by atoms with Crippen LogP contribution in [0.25, 0.3) is 0 Å². The highest BCUT2D eigenvalue weighted by molar-refractivity contribution is 6.03. The van der Waals surface area contributed by atoms with E-state index in [1.807, 2.05) is 6.07 Å². The predicted octanol–water partition coefficient (Wildman–Crippen LogP) is 3.76. The quantitative estimate of drug-likeness (QED) is 0.684. The molecule has 0 spiro atoms. The van der Waals surface area contributed by atoms with E-state index < -0.39 is 23.4 Å². The van der Waals surface area contributed by atoms with Crippen LogP contribution in [0.5, 0.6) is 0 Å². The number of hydrogen-bond acceptors (Lipinski definition) is 5. The van der Waals surface area contributed by atoms with E-state index >= 15 is 0 Å². The average Bonchev–Trinajstić information content (AvgIpc) is 2.69. The number of rotatable bonds is 4. The van der Waals surface area contributed by atoms with Crippen LogP contribution in [-0.2, 0) is 0 Å². The molecule has 1 heterocycles. The maximum Gasteiger partial charge on any atom is 0.274 e. The molecule has 6 nitrogen and oxygen atoms in total. The Bertz CT molecular complexity index is 1070. The molecular formula is C18H10F3N5O. The fourth-order valence-corrected chi connectivity index (χ4v) is 2.15. The number of halogens is 3. The summed E-state index contributed by atoms with van der Waals surface area (Å²) in [6.07, 6.45) is 1.24. The number of aromatic nitrogens is 2. The van der Waals surface area contributed by atoms with Gasteiger partial charge in [0.1, 0.15) is 5.69 Å². The summed E-state index contributed by atoms with van der Waals surface area (Å²) >= 11 is 0. The van der Waals surface area contributed by atoms with Gasteiger partial charge in [0, 0.05) is 11.9 Å². The SMILES string of the molecule is N#Cc1cccc(NC(=O)c2ccnc(Nc3ccc(F)c(F)c3F)n2)c1. The summed E-state index contributed by atoms with van der Waals surface area (Å²) < 4.78 is 40.0. The number of carbonyl (C=O) groups is 1. The molecule has 0 atom stereocenters. The monoisotopic (exact) mass is 369 g/mol. The second-order valence-corrected chi connectivity index (χ2v) is 5.26. The van der Waals surface area contributed by atoms with Gasteiger partial charge in [-0.3, -0.25) is 4.79 Å². The molecule has 134 valence electrons. The maximum atomic E-state index is 13.7. The first-order valence-corrected chi connectivity index (χ1v) is 7.53. The Labute approximate surface area is 151 Å². The van der Waals surface area contributed by atoms with Crippen molar-refractivity contribution < 1.29 is 18.0 Å². The first kappa shape index (κ1) is 17.9. The Morgan fingerprint density at radius 2 is 1.89 bits per heavy atom. The van der Waals surface area contributed by atoms with Gasteiger partial charge in [-0.25, -0.2) is 23.1 Å². The number of hydrogen-bond donors (Lipinski definition) is 2. The fraction of sp³-hybridized carbons (Fsp3) is 0. The summed E-state index contributed by atoms with van der Waals surface area (Å²) in [6.45, 7) is 0. The second kappa shape index (κ2) is 7.53. The zero-order valence-corrected chi connectivity index (χ0v) is 13.5. The maximum absolute atomic E-state index is 13.7. The van der Waals surface area contributed by atoms with E-state index in [0.717, 1.165) is 12.1 Å². The minimum absolute atomic E-state index is 0.0575. The molecule has 0 fully saturated rings. The summed E-state index contributed by atoms with van der Waals surface area (Å²) in [5.74, 6) is -5.17. The van der Waals surface area contributed by atoms with Crippen LogP contribution in [0.3, 0.4) is 0 Å². The van der Waals surface area contributed by atoms with Crippen molar-refractivity contribution in [3.8, 4) is 6.07 Å². The molecule has 2 aromatic carbocycles. The van der Waals surface area contributed by atoms with E-state index in [1.165, 1.54) is 18.3 Å². The van der Waals surface area contributed by atoms with Gasteiger partial charge in [-0.2, -0.15) is 5.26 Å². The van der Waals surface area contributed by atoms with Gasteiger partial charge in [0.15, 0.2) is 17.5 Å². The first-order valence-electron chi connectivity index (χ1n) is 7.53. The Morgan fingerprint density at radius 3 is 2.67 bits per heavy atom. The van der Waals surface area contributed by atoms with Crippen LogP contribution >= 0.6 is 0 Å². The number of amides is 1. The summed E-state index contributed by atoms with van der Waals surface area (Å²) in [4.78, 5) is 20.0. The smallest absolute Gasteiger partial charge is 0.274 e. The van der Waals surface area contributed by atoms with Crippen molar-refractivity contribution in [1.82, 2.24) is 9.97 Å². The summed E-state index contributed by atoms with van der Waals surface area (Å²) in [5, 5.41) is 13.8. The molecule has 3 rings (SSSR count). The van der Waals surface area contributed by atoms with Gasteiger partial charge >= 0.3 is 0 Å². The molecule has 0 saturated heterocycles. The molecule has 27 heavy (non-hydrogen) atoms. The van der Waals surface area contributed by atoms with Crippen LogP contribution in [-0.4, -0.2) is 15.9 Å². The van der Waals surface area contributed by atoms with Crippen molar-refractivity contribution in [3.05, 3.63) is 77.4 Å². The van der Waals surface area contributed by atoms with Gasteiger partial charge in [0.05, 0.1) is 17.3 Å². The zero-order chi connectivity index (χ0) is 19.4. The standard InChI is InChI=1S/C18H10F3N5O/c19-12-4-5-13(16(21)15(12)20)25-18-23-7-6-14(26-18)17(27)24-11-3-1-2-10(8-11)9-22/h1-8H,(H,24,27)(H,23,25,26). The lowest BCUT2D eigenvalue weighted by molar-refractivity contribution is 0.102. The minimum Gasteiger partial charge on any atom is -0.322 e. The van der Waals surface area contributed by atoms with Gasteiger partial charge in [0.25, 0.3) is 5.91 Å². The molecule has 0 saturated carbocycles. The Balaban J connectivity index is 1.80. The number of nitrogens with zero attached hydrogens (tertiary/aromatic N) is 3. The molecule has 3 aromatic rings. The molecule has 1 amide bonds. The topological polar surface area (TPSA) is 90.7 Å². The lowest BCUT2D eigenvalue weighted by Gasteiger charge is -2.09. The summed E-state index contributed by atoms with van der Waals surface area (Å²) in [6, 6.07) is 11.3. The molecule has 0 bridgehead atoms. The molecule has 0 radical (unpaired) electrons. The van der Waals surface area contributed by atoms with Crippen molar-refractivity contribution in [1.29, 1.82) is 5.26 Å². The zero-order valence-electron chi connectivity index (χ0n) is 13.5. The van der Waals surface area contributed by atoms with Gasteiger partial charge in [-0.05, 0) is 36.4 Å². The molecule has 0 unspecified atom stereocenters. The van der Waals surface area contributed by atoms with Crippen molar-refractivity contribution >= 4 is 23.2 Å². The molecular weight excluding hydrogens is 359 g/mol. The number of benzene rings is 2. The van der Waals surface area contributed by atoms with Crippen molar-refractivity contribution in [2.45, 2.75) is 0 Å². The van der Waals surface area contributed by atoms with E-state index in [9.17, 15) is 18.0 Å². The van der Waals surface area contributed by atoms with Gasteiger partial charge in [-0.1, -0.05) is 6.07 Å². The third-order valence-electron chi connectivity index (χ3n) is 3.42. The summed E-state index contributed by atoms with van der Waals surface area (Å²) in [5.41, 5.74) is 0.316. The van der Waals surface area contributed by atoms with Gasteiger partial charge in [-0.15, -0.1) is 0 Å². The summed E-state index contributed by atoms with van der Waals surface area (Å²) in [7, 11) is 0. The van der Waals surface area contributed by atoms with Crippen molar-refractivity contribution in [2.24, 2.45) is 0 Å². The highest BCUT2D eigenvalue weighted by Crippen LogP contribution is 2.22. The van der Waals surface area contributed by atoms with Crippen LogP contribution in [0, 0.1) is 28.8 Å². The van der Waals surface area contributed by atoms with Crippen molar-refractivity contribution in [3.63, 3.8) is 0 Å². The number of nitriles is 1. The molecule has 9 heteroatoms. The number of anilines is 3. The molecule has 2 N–H and O–H groups in total. The molecule has 0 aliphatic carbocycles. The largest absolute Gasteiger partial charge is 0.322 e. The fourth-order valence-electron chi connectivity index (χ4n) is 2.15. The lowest BCUT2D eigenvalue weighted by atomic mass is 10.2. The Morgan fingerprint density at radius 1 is 1.07 bits per heavy atom. The van der Waals surface area contributed by atoms with Crippen LogP contribution in [0.1, 0.15) is 16.1 Å². The van der Waals surface area contributed by atoms with E-state index in [4.69, 9.17) is 5.26 Å². The van der Waals surface area contributed by atoms with Crippen LogP contribution in [0.15, 0.2) is 48.7 Å². The second-order valence-electron chi connectivity index (χ2n) is 5.26. The number of carbonyl (C=O) groups excluding carboxylic acids is 1. The first-order chi connectivity index (χ1) is 13.0. The molecule has 0 aliphatic heterocycles. The van der Waals surface area contributed by atoms with Gasteiger partial charge < -0.3 is 10.6 Å². The number of nitrogens with one attached hydrogen (secondary N) is 2. The molecule has 1 aromatic heterocycles. The third-order valence-corrected chi connectivity index (χ3v) is 3.42. The lowest BCUT2D eigenvalue weighted by Crippen LogP contribution is -2.15. The van der Waals surface area contributed by atoms with Crippen LogP contribution in [0.4, 0.5) is 30.5 Å². The van der Waals surface area contributed by atoms with E-state index in [0.29, 0.717) is 11.3 Å².